The van der Waals surface area contributed by atoms with Crippen LogP contribution in [-0.2, 0) is 13.6 Å². The molecule has 13 heteroatoms. The number of carboxylic acid groups (broad SMARTS) is 1. The summed E-state index contributed by atoms with van der Waals surface area (Å²) in [5.41, 5.74) is 2.59. The molecule has 38 heavy (non-hydrogen) atoms. The summed E-state index contributed by atoms with van der Waals surface area (Å²) in [6.45, 7) is 1.88. The standard InChI is InChI=1S/C25H21N7O6/c1-13(15-4-6-16(7-5-15)23(35)36)29-22(34)19-10-17(30-24-27-12-28-32(19)24)21(33)26-11-14-3-8-20-18(9-14)31(2)25(37)38-20/h3-10,12-13H,11H2,1-2H3,(H,26,33)(H,29,34)(H,35,36)/t13-/m0/s1. The molecule has 0 aliphatic rings. The molecular formula is C25H21N7O6. The van der Waals surface area contributed by atoms with E-state index in [0.717, 1.165) is 5.56 Å². The fourth-order valence-electron chi connectivity index (χ4n) is 3.91. The highest BCUT2D eigenvalue weighted by atomic mass is 16.4. The highest BCUT2D eigenvalue weighted by Gasteiger charge is 2.20. The van der Waals surface area contributed by atoms with E-state index in [4.69, 9.17) is 9.52 Å². The smallest absolute Gasteiger partial charge is 0.419 e. The van der Waals surface area contributed by atoms with E-state index in [1.54, 1.807) is 44.3 Å². The van der Waals surface area contributed by atoms with Gasteiger partial charge < -0.3 is 20.2 Å². The Morgan fingerprint density at radius 2 is 1.84 bits per heavy atom. The largest absolute Gasteiger partial charge is 0.478 e. The van der Waals surface area contributed by atoms with Crippen LogP contribution in [0.1, 0.15) is 55.4 Å². The van der Waals surface area contributed by atoms with Gasteiger partial charge in [-0.1, -0.05) is 18.2 Å². The van der Waals surface area contributed by atoms with Crippen molar-refractivity contribution in [1.82, 2.24) is 34.8 Å². The number of oxazole rings is 1. The predicted octanol–water partition coefficient (Wildman–Crippen LogP) is 1.69. The third-order valence-corrected chi connectivity index (χ3v) is 6.03. The van der Waals surface area contributed by atoms with Gasteiger partial charge in [0.2, 0.25) is 0 Å². The van der Waals surface area contributed by atoms with Crippen molar-refractivity contribution in [3.05, 3.63) is 93.5 Å². The number of aromatic nitrogens is 5. The molecule has 0 saturated carbocycles. The van der Waals surface area contributed by atoms with Crippen LogP contribution in [-0.4, -0.2) is 47.0 Å². The minimum atomic E-state index is -1.04. The maximum atomic E-state index is 13.1. The molecule has 0 spiro atoms. The van der Waals surface area contributed by atoms with E-state index in [2.05, 4.69) is 25.7 Å². The normalized spacial score (nSPS) is 11.9. The number of carboxylic acids is 1. The maximum Gasteiger partial charge on any atom is 0.419 e. The number of hydrogen-bond donors (Lipinski definition) is 3. The topological polar surface area (TPSA) is 174 Å². The van der Waals surface area contributed by atoms with Crippen LogP contribution in [0.25, 0.3) is 16.9 Å². The van der Waals surface area contributed by atoms with Crippen molar-refractivity contribution < 1.29 is 23.9 Å². The molecule has 1 atom stereocenters. The molecule has 5 aromatic rings. The number of aromatic carboxylic acids is 1. The first-order chi connectivity index (χ1) is 18.2. The molecule has 0 aliphatic heterocycles. The van der Waals surface area contributed by atoms with Crippen molar-refractivity contribution in [2.24, 2.45) is 7.05 Å². The van der Waals surface area contributed by atoms with Crippen LogP contribution in [0.2, 0.25) is 0 Å². The Balaban J connectivity index is 1.34. The highest BCUT2D eigenvalue weighted by molar-refractivity contribution is 5.98. The summed E-state index contributed by atoms with van der Waals surface area (Å²) >= 11 is 0. The molecule has 0 fully saturated rings. The van der Waals surface area contributed by atoms with E-state index in [0.29, 0.717) is 16.7 Å². The van der Waals surface area contributed by atoms with Gasteiger partial charge in [-0.15, -0.1) is 0 Å². The number of fused-ring (bicyclic) bond motifs is 2. The Morgan fingerprint density at radius 3 is 2.58 bits per heavy atom. The Hall–Kier alpha value is -5.33. The second kappa shape index (κ2) is 9.61. The number of benzene rings is 2. The highest BCUT2D eigenvalue weighted by Crippen LogP contribution is 2.16. The van der Waals surface area contributed by atoms with Crippen molar-refractivity contribution in [1.29, 1.82) is 0 Å². The van der Waals surface area contributed by atoms with E-state index in [1.807, 2.05) is 0 Å². The van der Waals surface area contributed by atoms with Crippen LogP contribution in [0.5, 0.6) is 0 Å². The van der Waals surface area contributed by atoms with Crippen LogP contribution in [0.4, 0.5) is 0 Å². The van der Waals surface area contributed by atoms with Gasteiger partial charge in [0.05, 0.1) is 17.1 Å². The van der Waals surface area contributed by atoms with Crippen molar-refractivity contribution in [2.75, 3.05) is 0 Å². The van der Waals surface area contributed by atoms with E-state index >= 15 is 0 Å². The Kier molecular flexibility index (Phi) is 6.16. The fraction of sp³-hybridized carbons (Fsp3) is 0.160. The second-order valence-electron chi connectivity index (χ2n) is 8.53. The quantitative estimate of drug-likeness (QED) is 0.291. The summed E-state index contributed by atoms with van der Waals surface area (Å²) in [4.78, 5) is 57.1. The summed E-state index contributed by atoms with van der Waals surface area (Å²) in [7, 11) is 1.59. The van der Waals surface area contributed by atoms with Crippen molar-refractivity contribution in [2.45, 2.75) is 19.5 Å². The van der Waals surface area contributed by atoms with Crippen molar-refractivity contribution in [3.8, 4) is 0 Å². The molecule has 5 rings (SSSR count). The summed E-state index contributed by atoms with van der Waals surface area (Å²) in [6, 6.07) is 12.1. The molecule has 0 saturated heterocycles. The zero-order chi connectivity index (χ0) is 27.0. The molecule has 2 aromatic carbocycles. The molecule has 0 aliphatic carbocycles. The van der Waals surface area contributed by atoms with Gasteiger partial charge in [0.1, 0.15) is 17.7 Å². The van der Waals surface area contributed by atoms with Gasteiger partial charge >= 0.3 is 11.7 Å². The predicted molar refractivity (Wildman–Crippen MR) is 133 cm³/mol. The summed E-state index contributed by atoms with van der Waals surface area (Å²) in [5, 5.41) is 18.7. The van der Waals surface area contributed by atoms with Gasteiger partial charge in [-0.3, -0.25) is 14.2 Å². The van der Waals surface area contributed by atoms with Gasteiger partial charge in [0.15, 0.2) is 5.58 Å². The molecule has 2 amide bonds. The number of carbonyl (C=O) groups excluding carboxylic acids is 2. The van der Waals surface area contributed by atoms with E-state index < -0.39 is 29.6 Å². The first-order valence-corrected chi connectivity index (χ1v) is 11.4. The SMILES string of the molecule is C[C@H](NC(=O)c1cc(C(=O)NCc2ccc3oc(=O)n(C)c3c2)nc2ncnn12)c1ccc(C(=O)O)cc1. The van der Waals surface area contributed by atoms with Gasteiger partial charge in [-0.05, 0) is 42.3 Å². The van der Waals surface area contributed by atoms with Crippen molar-refractivity contribution in [3.63, 3.8) is 0 Å². The number of amides is 2. The molecule has 13 nitrogen and oxygen atoms in total. The van der Waals surface area contributed by atoms with E-state index in [-0.39, 0.29) is 29.3 Å². The third kappa shape index (κ3) is 4.59. The third-order valence-electron chi connectivity index (χ3n) is 6.03. The molecule has 3 N–H and O–H groups in total. The molecule has 0 radical (unpaired) electrons. The van der Waals surface area contributed by atoms with E-state index in [9.17, 15) is 19.2 Å². The zero-order valence-electron chi connectivity index (χ0n) is 20.2. The first kappa shape index (κ1) is 24.4. The lowest BCUT2D eigenvalue weighted by atomic mass is 10.1. The summed E-state index contributed by atoms with van der Waals surface area (Å²) in [6.07, 6.45) is 1.22. The lowest BCUT2D eigenvalue weighted by molar-refractivity contribution is 0.0696. The molecule has 0 bridgehead atoms. The van der Waals surface area contributed by atoms with Crippen LogP contribution in [0.3, 0.4) is 0 Å². The number of nitrogens with zero attached hydrogens (tertiary/aromatic N) is 5. The van der Waals surface area contributed by atoms with Crippen LogP contribution >= 0.6 is 0 Å². The Morgan fingerprint density at radius 1 is 1.08 bits per heavy atom. The second-order valence-corrected chi connectivity index (χ2v) is 8.53. The minimum absolute atomic E-state index is 0.0362. The fourth-order valence-corrected chi connectivity index (χ4v) is 3.91. The number of carbonyl (C=O) groups is 3. The molecule has 3 heterocycles. The van der Waals surface area contributed by atoms with Crippen molar-refractivity contribution >= 4 is 34.7 Å². The average Bonchev–Trinajstić information content (AvgIpc) is 3.50. The summed E-state index contributed by atoms with van der Waals surface area (Å²) in [5.74, 6) is -2.53. The van der Waals surface area contributed by atoms with Gasteiger partial charge in [-0.25, -0.2) is 14.6 Å². The lowest BCUT2D eigenvalue weighted by Crippen LogP contribution is -2.30. The Bertz CT molecular complexity index is 1770. The van der Waals surface area contributed by atoms with Gasteiger partial charge in [0, 0.05) is 19.7 Å². The van der Waals surface area contributed by atoms with Crippen LogP contribution < -0.4 is 16.4 Å². The number of aryl methyl sites for hydroxylation is 1. The number of rotatable bonds is 7. The number of nitrogens with one attached hydrogen (secondary N) is 2. The monoisotopic (exact) mass is 515 g/mol. The molecule has 192 valence electrons. The minimum Gasteiger partial charge on any atom is -0.478 e. The average molecular weight is 515 g/mol. The first-order valence-electron chi connectivity index (χ1n) is 11.4. The molecule has 0 unspecified atom stereocenters. The zero-order valence-corrected chi connectivity index (χ0v) is 20.2. The molecule has 3 aromatic heterocycles. The van der Waals surface area contributed by atoms with E-state index in [1.165, 1.54) is 33.6 Å². The lowest BCUT2D eigenvalue weighted by Gasteiger charge is -2.15. The van der Waals surface area contributed by atoms with Gasteiger partial charge in [-0.2, -0.15) is 14.6 Å². The van der Waals surface area contributed by atoms with Crippen LogP contribution in [0.15, 0.2) is 64.1 Å². The molecular weight excluding hydrogens is 494 g/mol. The summed E-state index contributed by atoms with van der Waals surface area (Å²) < 4.78 is 7.71. The van der Waals surface area contributed by atoms with Gasteiger partial charge in [0.25, 0.3) is 17.6 Å². The number of hydrogen-bond acceptors (Lipinski definition) is 8. The maximum absolute atomic E-state index is 13.1. The van der Waals surface area contributed by atoms with Crippen LogP contribution in [0, 0.1) is 0 Å². The Labute approximate surface area is 213 Å².